The number of carbonyl (C=O) groups is 3. The van der Waals surface area contributed by atoms with Gasteiger partial charge in [0.1, 0.15) is 16.9 Å². The van der Waals surface area contributed by atoms with Crippen molar-refractivity contribution in [2.24, 2.45) is 10.7 Å². The van der Waals surface area contributed by atoms with Crippen LogP contribution in [0.25, 0.3) is 5.00 Å². The quantitative estimate of drug-likeness (QED) is 0.122. The second-order valence-corrected chi connectivity index (χ2v) is 12.5. The summed E-state index contributed by atoms with van der Waals surface area (Å²) in [6.45, 7) is 6.47. The summed E-state index contributed by atoms with van der Waals surface area (Å²) in [4.78, 5) is 44.3. The summed E-state index contributed by atoms with van der Waals surface area (Å²) in [7, 11) is 1.28. The molecule has 1 aliphatic heterocycles. The molecule has 5 rings (SSSR count). The third kappa shape index (κ3) is 8.11. The number of esters is 1. The summed E-state index contributed by atoms with van der Waals surface area (Å²) in [5.74, 6) is 5.84. The van der Waals surface area contributed by atoms with Crippen LogP contribution in [0.3, 0.4) is 0 Å². The van der Waals surface area contributed by atoms with Crippen molar-refractivity contribution in [1.29, 1.82) is 0 Å². The van der Waals surface area contributed by atoms with E-state index in [0.29, 0.717) is 34.3 Å². The van der Waals surface area contributed by atoms with Crippen molar-refractivity contribution in [3.63, 3.8) is 0 Å². The van der Waals surface area contributed by atoms with Crippen molar-refractivity contribution in [2.45, 2.75) is 46.1 Å². The summed E-state index contributed by atoms with van der Waals surface area (Å²) in [5, 5.41) is 16.1. The molecule has 0 radical (unpaired) electrons. The summed E-state index contributed by atoms with van der Waals surface area (Å²) in [6, 6.07) is 11.7. The Bertz CT molecular complexity index is 1940. The summed E-state index contributed by atoms with van der Waals surface area (Å²) >= 11 is 7.84. The van der Waals surface area contributed by atoms with Gasteiger partial charge in [0.2, 0.25) is 11.8 Å². The molecule has 0 bridgehead atoms. The highest BCUT2D eigenvalue weighted by atomic mass is 35.5. The van der Waals surface area contributed by atoms with Crippen molar-refractivity contribution in [2.75, 3.05) is 25.5 Å². The maximum atomic E-state index is 13.2. The van der Waals surface area contributed by atoms with Crippen LogP contribution in [0, 0.1) is 32.6 Å². The van der Waals surface area contributed by atoms with E-state index in [1.165, 1.54) is 13.2 Å². The van der Waals surface area contributed by atoms with Crippen LogP contribution in [-0.2, 0) is 14.3 Å². The molecule has 1 atom stereocenters. The molecule has 14 heteroatoms. The highest BCUT2D eigenvalue weighted by Gasteiger charge is 2.32. The fourth-order valence-electron chi connectivity index (χ4n) is 5.24. The van der Waals surface area contributed by atoms with Crippen molar-refractivity contribution >= 4 is 64.5 Å². The van der Waals surface area contributed by atoms with E-state index in [-0.39, 0.29) is 55.7 Å². The number of ether oxygens (including phenoxy) is 1. The van der Waals surface area contributed by atoms with Crippen LogP contribution >= 0.6 is 35.3 Å². The number of aromatic nitrogens is 3. The number of carbonyl (C=O) groups excluding carboxylic acids is 3. The SMILES string of the molecule is COC(=O)c1cc(C#CCN)cc(NC(=O)CCCNC(=O)C[C@@H]2N=C(c3ccc(Cl)cc3)c3c(sc(C)c3C)-n3c(C)nnc32)c1.Cl. The Morgan fingerprint density at radius 3 is 2.54 bits per heavy atom. The largest absolute Gasteiger partial charge is 0.465 e. The zero-order valence-corrected chi connectivity index (χ0v) is 29.2. The van der Waals surface area contributed by atoms with Gasteiger partial charge < -0.3 is 21.1 Å². The molecule has 11 nitrogen and oxygen atoms in total. The Labute approximate surface area is 293 Å². The highest BCUT2D eigenvalue weighted by molar-refractivity contribution is 7.15. The molecule has 0 fully saturated rings. The molecule has 0 saturated carbocycles. The Balaban J connectivity index is 0.00000520. The van der Waals surface area contributed by atoms with Gasteiger partial charge in [-0.05, 0) is 63.1 Å². The number of anilines is 1. The number of nitrogens with one attached hydrogen (secondary N) is 2. The first-order valence-corrected chi connectivity index (χ1v) is 16.1. The first-order chi connectivity index (χ1) is 22.6. The molecule has 2 amide bonds. The van der Waals surface area contributed by atoms with Gasteiger partial charge in [0.05, 0.1) is 31.4 Å². The second-order valence-electron chi connectivity index (χ2n) is 10.9. The van der Waals surface area contributed by atoms with E-state index in [1.54, 1.807) is 23.5 Å². The number of halogens is 2. The molecular weight excluding hydrogens is 673 g/mol. The number of aryl methyl sites for hydroxylation is 2. The van der Waals surface area contributed by atoms with Crippen molar-refractivity contribution in [3.8, 4) is 16.8 Å². The Morgan fingerprint density at radius 2 is 1.83 bits per heavy atom. The van der Waals surface area contributed by atoms with Gasteiger partial charge in [-0.25, -0.2) is 4.79 Å². The highest BCUT2D eigenvalue weighted by Crippen LogP contribution is 2.39. The van der Waals surface area contributed by atoms with Crippen LogP contribution in [0.1, 0.15) is 74.4 Å². The number of aliphatic imine (C=N–C) groups is 1. The van der Waals surface area contributed by atoms with Gasteiger partial charge in [0.15, 0.2) is 5.82 Å². The van der Waals surface area contributed by atoms with E-state index in [2.05, 4.69) is 46.5 Å². The van der Waals surface area contributed by atoms with Crippen LogP contribution in [0.4, 0.5) is 5.69 Å². The van der Waals surface area contributed by atoms with Crippen LogP contribution in [0.15, 0.2) is 47.5 Å². The monoisotopic (exact) mass is 707 g/mol. The van der Waals surface area contributed by atoms with Crippen molar-refractivity contribution in [1.82, 2.24) is 20.1 Å². The van der Waals surface area contributed by atoms with Crippen molar-refractivity contribution < 1.29 is 19.1 Å². The molecule has 2 aromatic carbocycles. The van der Waals surface area contributed by atoms with Crippen molar-refractivity contribution in [3.05, 3.63) is 91.8 Å². The minimum Gasteiger partial charge on any atom is -0.465 e. The summed E-state index contributed by atoms with van der Waals surface area (Å²) in [5.41, 5.74) is 10.4. The van der Waals surface area contributed by atoms with Gasteiger partial charge in [-0.3, -0.25) is 19.1 Å². The molecule has 48 heavy (non-hydrogen) atoms. The first kappa shape index (κ1) is 36.3. The molecular formula is C34H35Cl2N7O4S. The van der Waals surface area contributed by atoms with E-state index in [0.717, 1.165) is 32.3 Å². The Hall–Kier alpha value is -4.54. The Kier molecular flexibility index (Phi) is 12.1. The fourth-order valence-corrected chi connectivity index (χ4v) is 6.58. The van der Waals surface area contributed by atoms with E-state index >= 15 is 0 Å². The van der Waals surface area contributed by atoms with Gasteiger partial charge in [-0.1, -0.05) is 35.6 Å². The molecule has 250 valence electrons. The van der Waals surface area contributed by atoms with E-state index in [9.17, 15) is 14.4 Å². The predicted octanol–water partition coefficient (Wildman–Crippen LogP) is 5.24. The molecule has 0 unspecified atom stereocenters. The van der Waals surface area contributed by atoms with Crippen LogP contribution in [0.2, 0.25) is 5.02 Å². The number of hydrogen-bond acceptors (Lipinski definition) is 9. The standard InChI is InChI=1S/C34H34ClN7O4S.ClH/c1-19-20(2)47-33-30(19)31(23-9-11-25(35)12-10-23)39-27(32-41-40-21(3)42(32)33)18-29(44)37-14-6-8-28(43)38-26-16-22(7-5-13-36)15-24(17-26)34(45)46-4;/h9-12,15-17,27H,6,8,13-14,18,36H2,1-4H3,(H,37,44)(H,38,43);1H/t27-;/m0./s1. The molecule has 0 aliphatic carbocycles. The maximum absolute atomic E-state index is 13.2. The molecule has 4 aromatic rings. The third-order valence-corrected chi connectivity index (χ3v) is 9.06. The van der Waals surface area contributed by atoms with Crippen LogP contribution < -0.4 is 16.4 Å². The molecule has 3 heterocycles. The van der Waals surface area contributed by atoms with Crippen LogP contribution in [-0.4, -0.2) is 58.5 Å². The average Bonchev–Trinajstić information content (AvgIpc) is 3.53. The minimum atomic E-state index is -0.594. The molecule has 0 spiro atoms. The third-order valence-electron chi connectivity index (χ3n) is 7.61. The molecule has 0 saturated heterocycles. The number of nitrogens with zero attached hydrogens (tertiary/aromatic N) is 4. The van der Waals surface area contributed by atoms with Gasteiger partial charge in [0, 0.05) is 45.2 Å². The summed E-state index contributed by atoms with van der Waals surface area (Å²) < 4.78 is 6.81. The number of hydrogen-bond donors (Lipinski definition) is 3. The van der Waals surface area contributed by atoms with Gasteiger partial charge in [0.25, 0.3) is 0 Å². The van der Waals surface area contributed by atoms with Gasteiger partial charge >= 0.3 is 5.97 Å². The fraction of sp³-hybridized carbons (Fsp3) is 0.294. The number of benzene rings is 2. The second kappa shape index (κ2) is 16.0. The smallest absolute Gasteiger partial charge is 0.337 e. The predicted molar refractivity (Wildman–Crippen MR) is 190 cm³/mol. The van der Waals surface area contributed by atoms with E-state index < -0.39 is 12.0 Å². The number of amides is 2. The van der Waals surface area contributed by atoms with Crippen LogP contribution in [0.5, 0.6) is 0 Å². The van der Waals surface area contributed by atoms with E-state index in [4.69, 9.17) is 27.1 Å². The number of methoxy groups -OCH3 is 1. The number of rotatable bonds is 9. The zero-order chi connectivity index (χ0) is 33.7. The number of thiophene rings is 1. The number of fused-ring (bicyclic) bond motifs is 3. The molecule has 2 aromatic heterocycles. The lowest BCUT2D eigenvalue weighted by atomic mass is 9.99. The topological polar surface area (TPSA) is 154 Å². The molecule has 4 N–H and O–H groups in total. The van der Waals surface area contributed by atoms with Gasteiger partial charge in [-0.15, -0.1) is 33.9 Å². The minimum absolute atomic E-state index is 0. The maximum Gasteiger partial charge on any atom is 0.337 e. The first-order valence-electron chi connectivity index (χ1n) is 14.9. The lowest BCUT2D eigenvalue weighted by molar-refractivity contribution is -0.122. The van der Waals surface area contributed by atoms with E-state index in [1.807, 2.05) is 35.8 Å². The lowest BCUT2D eigenvalue weighted by Crippen LogP contribution is -2.27. The number of nitrogens with two attached hydrogens (primary N) is 1. The summed E-state index contributed by atoms with van der Waals surface area (Å²) in [6.07, 6.45) is 0.575. The molecule has 1 aliphatic rings. The average molecular weight is 709 g/mol. The Morgan fingerprint density at radius 1 is 1.08 bits per heavy atom. The lowest BCUT2D eigenvalue weighted by Gasteiger charge is -2.13. The zero-order valence-electron chi connectivity index (χ0n) is 26.8. The van der Waals surface area contributed by atoms with Gasteiger partial charge in [-0.2, -0.15) is 0 Å². The normalized spacial score (nSPS) is 13.0.